The lowest BCUT2D eigenvalue weighted by atomic mass is 10.1. The van der Waals surface area contributed by atoms with Crippen molar-refractivity contribution in [2.45, 2.75) is 6.54 Å². The molecule has 20 heavy (non-hydrogen) atoms. The molecule has 3 rings (SSSR count). The van der Waals surface area contributed by atoms with E-state index in [1.54, 1.807) is 12.3 Å². The first-order valence-corrected chi connectivity index (χ1v) is 6.65. The maximum Gasteiger partial charge on any atom is 0.219 e. The Bertz CT molecular complexity index is 758. The molecule has 0 radical (unpaired) electrons. The number of pyridine rings is 1. The van der Waals surface area contributed by atoms with Gasteiger partial charge < -0.3 is 10.5 Å². The Balaban J connectivity index is 1.92. The van der Waals surface area contributed by atoms with E-state index in [9.17, 15) is 0 Å². The van der Waals surface area contributed by atoms with Crippen LogP contribution in [-0.4, -0.2) is 4.98 Å². The first-order valence-electron chi connectivity index (χ1n) is 6.27. The van der Waals surface area contributed by atoms with Crippen molar-refractivity contribution in [2.75, 3.05) is 0 Å². The molecular weight excluding hydrogens is 272 g/mol. The molecule has 0 aliphatic heterocycles. The number of hydrogen-bond acceptors (Lipinski definition) is 3. The molecule has 0 saturated carbocycles. The molecule has 2 N–H and O–H groups in total. The van der Waals surface area contributed by atoms with Gasteiger partial charge in [-0.1, -0.05) is 41.9 Å². The van der Waals surface area contributed by atoms with E-state index in [4.69, 9.17) is 22.1 Å². The Labute approximate surface area is 122 Å². The molecule has 3 nitrogen and oxygen atoms in total. The predicted octanol–water partition coefficient (Wildman–Crippen LogP) is 4.14. The van der Waals surface area contributed by atoms with E-state index >= 15 is 0 Å². The summed E-state index contributed by atoms with van der Waals surface area (Å²) in [4.78, 5) is 4.15. The van der Waals surface area contributed by atoms with Crippen molar-refractivity contribution in [3.05, 3.63) is 65.3 Å². The normalized spacial score (nSPS) is 10.7. The number of benzene rings is 2. The minimum absolute atomic E-state index is 0.357. The number of rotatable bonds is 3. The van der Waals surface area contributed by atoms with Crippen LogP contribution in [0.15, 0.2) is 54.7 Å². The number of fused-ring (bicyclic) bond motifs is 1. The van der Waals surface area contributed by atoms with Gasteiger partial charge in [0.1, 0.15) is 5.75 Å². The summed E-state index contributed by atoms with van der Waals surface area (Å²) < 4.78 is 5.76. The zero-order valence-electron chi connectivity index (χ0n) is 10.7. The molecule has 0 fully saturated rings. The molecule has 1 heterocycles. The van der Waals surface area contributed by atoms with E-state index in [0.29, 0.717) is 17.4 Å². The molecule has 1 aromatic heterocycles. The van der Waals surface area contributed by atoms with Gasteiger partial charge in [0.2, 0.25) is 5.88 Å². The zero-order valence-corrected chi connectivity index (χ0v) is 11.5. The van der Waals surface area contributed by atoms with Crippen LogP contribution in [0.5, 0.6) is 11.6 Å². The number of nitrogens with zero attached hydrogens (tertiary/aromatic N) is 1. The lowest BCUT2D eigenvalue weighted by Crippen LogP contribution is -1.99. The van der Waals surface area contributed by atoms with Crippen molar-refractivity contribution in [2.24, 2.45) is 5.73 Å². The topological polar surface area (TPSA) is 48.1 Å². The fourth-order valence-corrected chi connectivity index (χ4v) is 2.20. The van der Waals surface area contributed by atoms with E-state index in [1.807, 2.05) is 36.4 Å². The minimum Gasteiger partial charge on any atom is -0.439 e. The van der Waals surface area contributed by atoms with E-state index in [2.05, 4.69) is 11.1 Å². The molecule has 2 aromatic carbocycles. The van der Waals surface area contributed by atoms with Gasteiger partial charge in [-0.25, -0.2) is 4.98 Å². The monoisotopic (exact) mass is 284 g/mol. The van der Waals surface area contributed by atoms with Crippen LogP contribution in [0.4, 0.5) is 0 Å². The predicted molar refractivity (Wildman–Crippen MR) is 81.2 cm³/mol. The van der Waals surface area contributed by atoms with Crippen LogP contribution in [0, 0.1) is 0 Å². The number of ether oxygens (including phenoxy) is 1. The molecule has 0 aliphatic carbocycles. The van der Waals surface area contributed by atoms with Gasteiger partial charge in [0.25, 0.3) is 0 Å². The summed E-state index contributed by atoms with van der Waals surface area (Å²) in [5, 5.41) is 2.85. The number of nitrogens with two attached hydrogens (primary N) is 1. The van der Waals surface area contributed by atoms with E-state index < -0.39 is 0 Å². The number of halogens is 1. The van der Waals surface area contributed by atoms with Gasteiger partial charge in [-0.15, -0.1) is 0 Å². The third kappa shape index (κ3) is 2.59. The number of hydrogen-bond donors (Lipinski definition) is 1. The van der Waals surface area contributed by atoms with Crippen molar-refractivity contribution < 1.29 is 4.74 Å². The van der Waals surface area contributed by atoms with Crippen molar-refractivity contribution in [3.63, 3.8) is 0 Å². The first kappa shape index (κ1) is 12.9. The van der Waals surface area contributed by atoms with Gasteiger partial charge in [-0.05, 0) is 28.5 Å². The summed E-state index contributed by atoms with van der Waals surface area (Å²) in [7, 11) is 0. The van der Waals surface area contributed by atoms with Crippen molar-refractivity contribution >= 4 is 22.4 Å². The van der Waals surface area contributed by atoms with E-state index in [1.165, 1.54) is 5.39 Å². The van der Waals surface area contributed by atoms with Crippen molar-refractivity contribution in [1.29, 1.82) is 0 Å². The highest BCUT2D eigenvalue weighted by Crippen LogP contribution is 2.26. The molecule has 0 saturated heterocycles. The van der Waals surface area contributed by atoms with Gasteiger partial charge in [0, 0.05) is 18.8 Å². The lowest BCUT2D eigenvalue weighted by molar-refractivity contribution is 0.463. The molecule has 0 spiro atoms. The van der Waals surface area contributed by atoms with Gasteiger partial charge in [-0.2, -0.15) is 0 Å². The lowest BCUT2D eigenvalue weighted by Gasteiger charge is -2.08. The summed E-state index contributed by atoms with van der Waals surface area (Å²) >= 11 is 5.98. The summed E-state index contributed by atoms with van der Waals surface area (Å²) in [6.45, 7) is 0.357. The van der Waals surface area contributed by atoms with Crippen LogP contribution in [0.3, 0.4) is 0 Å². The Morgan fingerprint density at radius 2 is 1.85 bits per heavy atom. The van der Waals surface area contributed by atoms with Gasteiger partial charge in [-0.3, -0.25) is 0 Å². The molecule has 0 amide bonds. The molecule has 0 unspecified atom stereocenters. The highest BCUT2D eigenvalue weighted by molar-refractivity contribution is 6.31. The molecule has 100 valence electrons. The molecule has 0 bridgehead atoms. The second-order valence-electron chi connectivity index (χ2n) is 4.43. The average molecular weight is 285 g/mol. The zero-order chi connectivity index (χ0) is 13.9. The molecule has 3 aromatic rings. The van der Waals surface area contributed by atoms with E-state index in [-0.39, 0.29) is 0 Å². The van der Waals surface area contributed by atoms with Crippen molar-refractivity contribution in [1.82, 2.24) is 4.98 Å². The summed E-state index contributed by atoms with van der Waals surface area (Å²) in [6.07, 6.45) is 1.56. The summed E-state index contributed by atoms with van der Waals surface area (Å²) in [5.74, 6) is 1.23. The fourth-order valence-electron chi connectivity index (χ4n) is 2.02. The Kier molecular flexibility index (Phi) is 3.54. The van der Waals surface area contributed by atoms with Crippen LogP contribution >= 0.6 is 11.6 Å². The molecule has 4 heteroatoms. The van der Waals surface area contributed by atoms with E-state index in [0.717, 1.165) is 16.7 Å². The summed E-state index contributed by atoms with van der Waals surface area (Å²) in [6, 6.07) is 15.8. The quantitative estimate of drug-likeness (QED) is 0.786. The highest BCUT2D eigenvalue weighted by Gasteiger charge is 2.04. The second kappa shape index (κ2) is 5.49. The van der Waals surface area contributed by atoms with Gasteiger partial charge in [0.15, 0.2) is 0 Å². The van der Waals surface area contributed by atoms with Gasteiger partial charge in [0.05, 0.1) is 5.02 Å². The first-order chi connectivity index (χ1) is 9.76. The van der Waals surface area contributed by atoms with Crippen LogP contribution in [0.25, 0.3) is 10.8 Å². The van der Waals surface area contributed by atoms with Crippen molar-refractivity contribution in [3.8, 4) is 11.6 Å². The standard InChI is InChI=1S/C16H13ClN2O/c17-15-10-19-16(8-13(15)9-18)20-14-6-5-11-3-1-2-4-12(11)7-14/h1-8,10H,9,18H2. The van der Waals surface area contributed by atoms with Crippen LogP contribution in [0.1, 0.15) is 5.56 Å². The Hall–Kier alpha value is -2.10. The molecule has 0 atom stereocenters. The SMILES string of the molecule is NCc1cc(Oc2ccc3ccccc3c2)ncc1Cl. The van der Waals surface area contributed by atoms with Crippen LogP contribution in [-0.2, 0) is 6.54 Å². The highest BCUT2D eigenvalue weighted by atomic mass is 35.5. The fraction of sp³-hybridized carbons (Fsp3) is 0.0625. The average Bonchev–Trinajstić information content (AvgIpc) is 2.49. The third-order valence-electron chi connectivity index (χ3n) is 3.07. The third-order valence-corrected chi connectivity index (χ3v) is 3.41. The largest absolute Gasteiger partial charge is 0.439 e. The van der Waals surface area contributed by atoms with Crippen LogP contribution in [0.2, 0.25) is 5.02 Å². The minimum atomic E-state index is 0.357. The maximum atomic E-state index is 5.98. The number of aromatic nitrogens is 1. The Morgan fingerprint density at radius 1 is 1.05 bits per heavy atom. The van der Waals surface area contributed by atoms with Crippen LogP contribution < -0.4 is 10.5 Å². The Morgan fingerprint density at radius 3 is 2.65 bits per heavy atom. The summed E-state index contributed by atoms with van der Waals surface area (Å²) in [5.41, 5.74) is 6.44. The maximum absolute atomic E-state index is 5.98. The molecular formula is C16H13ClN2O. The van der Waals surface area contributed by atoms with Gasteiger partial charge >= 0.3 is 0 Å². The smallest absolute Gasteiger partial charge is 0.219 e. The molecule has 0 aliphatic rings. The second-order valence-corrected chi connectivity index (χ2v) is 4.84.